The van der Waals surface area contributed by atoms with Crippen LogP contribution < -0.4 is 5.32 Å². The third-order valence-corrected chi connectivity index (χ3v) is 3.30. The van der Waals surface area contributed by atoms with Crippen molar-refractivity contribution in [1.82, 2.24) is 10.3 Å². The summed E-state index contributed by atoms with van der Waals surface area (Å²) in [6.45, 7) is 3.82. The van der Waals surface area contributed by atoms with Crippen LogP contribution in [0.15, 0.2) is 6.20 Å². The van der Waals surface area contributed by atoms with Crippen LogP contribution in [0.4, 0.5) is 0 Å². The van der Waals surface area contributed by atoms with Gasteiger partial charge in [0.1, 0.15) is 11.4 Å². The van der Waals surface area contributed by atoms with E-state index in [4.69, 9.17) is 5.11 Å². The molecule has 0 saturated carbocycles. The van der Waals surface area contributed by atoms with Crippen LogP contribution in [0.25, 0.3) is 0 Å². The molecular weight excluding hydrogens is 228 g/mol. The second kappa shape index (κ2) is 5.60. The van der Waals surface area contributed by atoms with Crippen molar-refractivity contribution in [2.45, 2.75) is 32.7 Å². The maximum absolute atomic E-state index is 11.2. The van der Waals surface area contributed by atoms with Crippen molar-refractivity contribution >= 4 is 23.2 Å². The summed E-state index contributed by atoms with van der Waals surface area (Å²) in [5.74, 6) is -1.62. The molecule has 1 unspecified atom stereocenters. The maximum Gasteiger partial charge on any atom is 0.312 e. The fourth-order valence-corrected chi connectivity index (χ4v) is 2.04. The molecule has 0 aliphatic heterocycles. The number of hydrogen-bond donors (Lipinski definition) is 2. The number of rotatable bonds is 5. The zero-order chi connectivity index (χ0) is 12.1. The summed E-state index contributed by atoms with van der Waals surface area (Å²) in [6.07, 6.45) is 2.18. The van der Waals surface area contributed by atoms with Crippen LogP contribution in [0, 0.1) is 0 Å². The molecule has 0 spiro atoms. The highest BCUT2D eigenvalue weighted by Gasteiger charge is 2.14. The highest BCUT2D eigenvalue weighted by Crippen LogP contribution is 2.20. The molecule has 2 N–H and O–H groups in total. The molecule has 1 rings (SSSR count). The molecule has 5 nitrogen and oxygen atoms in total. The fourth-order valence-electron chi connectivity index (χ4n) is 1.18. The van der Waals surface area contributed by atoms with E-state index in [2.05, 4.69) is 10.3 Å². The van der Waals surface area contributed by atoms with Gasteiger partial charge in [-0.3, -0.25) is 9.59 Å². The number of nitrogens with zero attached hydrogens (tertiary/aromatic N) is 1. The number of nitrogens with one attached hydrogen (secondary N) is 1. The van der Waals surface area contributed by atoms with Gasteiger partial charge in [0.15, 0.2) is 0 Å². The minimum Gasteiger partial charge on any atom is -0.481 e. The molecule has 0 aliphatic rings. The van der Waals surface area contributed by atoms with Crippen LogP contribution in [0.3, 0.4) is 0 Å². The predicted octanol–water partition coefficient (Wildman–Crippen LogP) is 1.36. The van der Waals surface area contributed by atoms with Crippen molar-refractivity contribution in [1.29, 1.82) is 0 Å². The van der Waals surface area contributed by atoms with Gasteiger partial charge < -0.3 is 10.4 Å². The monoisotopic (exact) mass is 242 g/mol. The van der Waals surface area contributed by atoms with Gasteiger partial charge >= 0.3 is 5.97 Å². The SMILES string of the molecule is CCc1cnc(C(C)NC(=O)CC(=O)O)s1. The van der Waals surface area contributed by atoms with Crippen molar-refractivity contribution in [3.05, 3.63) is 16.1 Å². The summed E-state index contributed by atoms with van der Waals surface area (Å²) in [5, 5.41) is 11.8. The average molecular weight is 242 g/mol. The third kappa shape index (κ3) is 3.62. The second-order valence-electron chi connectivity index (χ2n) is 3.38. The van der Waals surface area contributed by atoms with Gasteiger partial charge in [-0.2, -0.15) is 0 Å². The molecule has 1 amide bonds. The molecule has 88 valence electrons. The molecular formula is C10H14N2O3S. The molecule has 1 aromatic rings. The Morgan fingerprint density at radius 1 is 1.62 bits per heavy atom. The van der Waals surface area contributed by atoms with Crippen molar-refractivity contribution < 1.29 is 14.7 Å². The van der Waals surface area contributed by atoms with Gasteiger partial charge in [0.25, 0.3) is 0 Å². The summed E-state index contributed by atoms with van der Waals surface area (Å²) in [7, 11) is 0. The van der Waals surface area contributed by atoms with Gasteiger partial charge in [-0.25, -0.2) is 4.98 Å². The Morgan fingerprint density at radius 2 is 2.31 bits per heavy atom. The number of thiazole rings is 1. The van der Waals surface area contributed by atoms with E-state index in [0.717, 1.165) is 16.3 Å². The molecule has 0 saturated heterocycles. The average Bonchev–Trinajstić information content (AvgIpc) is 2.64. The first-order valence-corrected chi connectivity index (χ1v) is 5.80. The van der Waals surface area contributed by atoms with Crippen molar-refractivity contribution in [3.63, 3.8) is 0 Å². The lowest BCUT2D eigenvalue weighted by molar-refractivity contribution is -0.140. The Balaban J connectivity index is 2.54. The third-order valence-electron chi connectivity index (χ3n) is 1.98. The van der Waals surface area contributed by atoms with Gasteiger partial charge in [0.05, 0.1) is 6.04 Å². The van der Waals surface area contributed by atoms with E-state index in [1.165, 1.54) is 11.3 Å². The zero-order valence-corrected chi connectivity index (χ0v) is 10.0. The Bertz CT molecular complexity index is 389. The Labute approximate surface area is 97.5 Å². The van der Waals surface area contributed by atoms with Crippen LogP contribution in [-0.2, 0) is 16.0 Å². The molecule has 0 aromatic carbocycles. The van der Waals surface area contributed by atoms with E-state index >= 15 is 0 Å². The second-order valence-corrected chi connectivity index (χ2v) is 4.52. The lowest BCUT2D eigenvalue weighted by Crippen LogP contribution is -2.28. The van der Waals surface area contributed by atoms with Gasteiger partial charge in [0.2, 0.25) is 5.91 Å². The van der Waals surface area contributed by atoms with Gasteiger partial charge in [-0.1, -0.05) is 6.92 Å². The number of aromatic nitrogens is 1. The molecule has 1 heterocycles. The maximum atomic E-state index is 11.2. The number of carboxylic acid groups (broad SMARTS) is 1. The number of carbonyl (C=O) groups excluding carboxylic acids is 1. The Hall–Kier alpha value is -1.43. The number of hydrogen-bond acceptors (Lipinski definition) is 4. The van der Waals surface area contributed by atoms with E-state index in [0.29, 0.717) is 0 Å². The lowest BCUT2D eigenvalue weighted by atomic mass is 10.3. The molecule has 0 radical (unpaired) electrons. The Morgan fingerprint density at radius 3 is 2.81 bits per heavy atom. The summed E-state index contributed by atoms with van der Waals surface area (Å²) in [4.78, 5) is 26.8. The highest BCUT2D eigenvalue weighted by molar-refractivity contribution is 7.11. The zero-order valence-electron chi connectivity index (χ0n) is 9.19. The first kappa shape index (κ1) is 12.6. The fraction of sp³-hybridized carbons (Fsp3) is 0.500. The topological polar surface area (TPSA) is 79.3 Å². The van der Waals surface area contributed by atoms with Gasteiger partial charge in [-0.15, -0.1) is 11.3 Å². The van der Waals surface area contributed by atoms with E-state index in [-0.39, 0.29) is 6.04 Å². The van der Waals surface area contributed by atoms with Crippen LogP contribution in [-0.4, -0.2) is 22.0 Å². The highest BCUT2D eigenvalue weighted by atomic mass is 32.1. The molecule has 16 heavy (non-hydrogen) atoms. The largest absolute Gasteiger partial charge is 0.481 e. The summed E-state index contributed by atoms with van der Waals surface area (Å²) in [5.41, 5.74) is 0. The number of amides is 1. The van der Waals surface area contributed by atoms with Gasteiger partial charge in [-0.05, 0) is 13.3 Å². The number of carbonyl (C=O) groups is 2. The lowest BCUT2D eigenvalue weighted by Gasteiger charge is -2.09. The van der Waals surface area contributed by atoms with Crippen molar-refractivity contribution in [3.8, 4) is 0 Å². The smallest absolute Gasteiger partial charge is 0.312 e. The van der Waals surface area contributed by atoms with E-state index in [1.54, 1.807) is 13.1 Å². The molecule has 0 aliphatic carbocycles. The summed E-state index contributed by atoms with van der Waals surface area (Å²) < 4.78 is 0. The molecule has 1 atom stereocenters. The first-order chi connectivity index (χ1) is 7.52. The van der Waals surface area contributed by atoms with E-state index in [9.17, 15) is 9.59 Å². The van der Waals surface area contributed by atoms with E-state index < -0.39 is 18.3 Å². The first-order valence-electron chi connectivity index (χ1n) is 4.98. The number of aliphatic carboxylic acids is 1. The number of aryl methyl sites for hydroxylation is 1. The normalized spacial score (nSPS) is 12.1. The minimum absolute atomic E-state index is 0.239. The molecule has 1 aromatic heterocycles. The van der Waals surface area contributed by atoms with Crippen LogP contribution >= 0.6 is 11.3 Å². The van der Waals surface area contributed by atoms with Crippen LogP contribution in [0.1, 0.15) is 36.2 Å². The molecule has 0 fully saturated rings. The summed E-state index contributed by atoms with van der Waals surface area (Å²) in [6, 6.07) is -0.239. The van der Waals surface area contributed by atoms with Crippen molar-refractivity contribution in [2.24, 2.45) is 0 Å². The van der Waals surface area contributed by atoms with Crippen molar-refractivity contribution in [2.75, 3.05) is 0 Å². The van der Waals surface area contributed by atoms with Gasteiger partial charge in [0, 0.05) is 11.1 Å². The molecule has 6 heteroatoms. The van der Waals surface area contributed by atoms with E-state index in [1.807, 2.05) is 6.92 Å². The quantitative estimate of drug-likeness (QED) is 0.764. The number of carboxylic acids is 1. The molecule has 0 bridgehead atoms. The standard InChI is InChI=1S/C10H14N2O3S/c1-3-7-5-11-10(16-7)6(2)12-8(13)4-9(14)15/h5-6H,3-4H2,1-2H3,(H,12,13)(H,14,15). The predicted molar refractivity (Wildman–Crippen MR) is 60.3 cm³/mol. The summed E-state index contributed by atoms with van der Waals surface area (Å²) >= 11 is 1.53. The minimum atomic E-state index is -1.13. The van der Waals surface area contributed by atoms with Crippen LogP contribution in [0.5, 0.6) is 0 Å². The van der Waals surface area contributed by atoms with Crippen LogP contribution in [0.2, 0.25) is 0 Å². The Kier molecular flexibility index (Phi) is 4.42.